The Bertz CT molecular complexity index is 1180. The third kappa shape index (κ3) is 4.40. The Morgan fingerprint density at radius 2 is 2.07 bits per heavy atom. The van der Waals surface area contributed by atoms with E-state index >= 15 is 0 Å². The quantitative estimate of drug-likeness (QED) is 0.503. The molecule has 1 aromatic carbocycles. The highest BCUT2D eigenvalue weighted by atomic mass is 32.1. The first-order chi connectivity index (χ1) is 14.1. The lowest BCUT2D eigenvalue weighted by molar-refractivity contribution is -0.130. The Kier molecular flexibility index (Phi) is 5.48. The van der Waals surface area contributed by atoms with Gasteiger partial charge in [-0.3, -0.25) is 9.59 Å². The second kappa shape index (κ2) is 8.36. The van der Waals surface area contributed by atoms with Gasteiger partial charge in [0.15, 0.2) is 0 Å². The van der Waals surface area contributed by atoms with E-state index in [1.807, 2.05) is 23.6 Å². The molecule has 3 heterocycles. The molecule has 0 bridgehead atoms. The SMILES string of the molecule is CN(Cc1nc2ccccc2c(=O)[nH]1)C(=O)CCCc1nc(-c2cccs2)no1. The fourth-order valence-electron chi connectivity index (χ4n) is 2.97. The number of aromatic nitrogens is 4. The van der Waals surface area contributed by atoms with Gasteiger partial charge in [0.25, 0.3) is 5.56 Å². The number of carbonyl (C=O) groups is 1. The van der Waals surface area contributed by atoms with Crippen molar-refractivity contribution in [3.8, 4) is 10.7 Å². The highest BCUT2D eigenvalue weighted by Gasteiger charge is 2.14. The molecule has 29 heavy (non-hydrogen) atoms. The molecule has 0 saturated carbocycles. The third-order valence-electron chi connectivity index (χ3n) is 4.47. The largest absolute Gasteiger partial charge is 0.339 e. The summed E-state index contributed by atoms with van der Waals surface area (Å²) in [6.07, 6.45) is 1.46. The number of nitrogens with one attached hydrogen (secondary N) is 1. The molecule has 4 rings (SSSR count). The molecule has 9 heteroatoms. The molecule has 0 atom stereocenters. The van der Waals surface area contributed by atoms with Crippen molar-refractivity contribution in [2.24, 2.45) is 0 Å². The first kappa shape index (κ1) is 19.0. The summed E-state index contributed by atoms with van der Waals surface area (Å²) >= 11 is 1.55. The second-order valence-corrected chi connectivity index (χ2v) is 7.57. The number of para-hydroxylation sites is 1. The van der Waals surface area contributed by atoms with Crippen LogP contribution in [-0.4, -0.2) is 38.0 Å². The van der Waals surface area contributed by atoms with Gasteiger partial charge in [-0.15, -0.1) is 11.3 Å². The predicted octanol–water partition coefficient (Wildman–Crippen LogP) is 3.02. The van der Waals surface area contributed by atoms with Gasteiger partial charge in [-0.2, -0.15) is 4.98 Å². The van der Waals surface area contributed by atoms with E-state index in [1.54, 1.807) is 41.5 Å². The first-order valence-corrected chi connectivity index (χ1v) is 10.1. The van der Waals surface area contributed by atoms with Crippen LogP contribution in [0.3, 0.4) is 0 Å². The summed E-state index contributed by atoms with van der Waals surface area (Å²) in [5.41, 5.74) is 0.412. The van der Waals surface area contributed by atoms with Crippen molar-refractivity contribution in [2.45, 2.75) is 25.8 Å². The van der Waals surface area contributed by atoms with E-state index in [1.165, 1.54) is 0 Å². The van der Waals surface area contributed by atoms with Crippen molar-refractivity contribution in [3.05, 3.63) is 63.8 Å². The Morgan fingerprint density at radius 3 is 2.90 bits per heavy atom. The maximum atomic E-state index is 12.4. The molecule has 148 valence electrons. The minimum atomic E-state index is -0.204. The van der Waals surface area contributed by atoms with Crippen LogP contribution >= 0.6 is 11.3 Å². The average Bonchev–Trinajstić information content (AvgIpc) is 3.40. The number of amides is 1. The van der Waals surface area contributed by atoms with Gasteiger partial charge in [-0.05, 0) is 30.0 Å². The standard InChI is InChI=1S/C20H19N5O3S/c1-25(12-16-21-14-7-3-2-6-13(14)20(27)22-16)18(26)10-4-9-17-23-19(24-28-17)15-8-5-11-29-15/h2-3,5-8,11H,4,9-10,12H2,1H3,(H,21,22,27). The molecule has 0 spiro atoms. The van der Waals surface area contributed by atoms with Crippen LogP contribution in [0.25, 0.3) is 21.6 Å². The number of rotatable bonds is 7. The number of nitrogens with zero attached hydrogens (tertiary/aromatic N) is 4. The number of hydrogen-bond donors (Lipinski definition) is 1. The van der Waals surface area contributed by atoms with E-state index in [4.69, 9.17) is 4.52 Å². The van der Waals surface area contributed by atoms with Crippen molar-refractivity contribution >= 4 is 28.1 Å². The molecular formula is C20H19N5O3S. The molecular weight excluding hydrogens is 390 g/mol. The maximum absolute atomic E-state index is 12.4. The average molecular weight is 409 g/mol. The molecule has 0 aliphatic heterocycles. The van der Waals surface area contributed by atoms with Gasteiger partial charge in [-0.25, -0.2) is 4.98 Å². The lowest BCUT2D eigenvalue weighted by atomic mass is 10.2. The molecule has 8 nitrogen and oxygen atoms in total. The van der Waals surface area contributed by atoms with Gasteiger partial charge in [0.05, 0.1) is 22.3 Å². The van der Waals surface area contributed by atoms with E-state index in [0.29, 0.717) is 47.7 Å². The van der Waals surface area contributed by atoms with E-state index in [-0.39, 0.29) is 18.0 Å². The zero-order chi connectivity index (χ0) is 20.2. The summed E-state index contributed by atoms with van der Waals surface area (Å²) in [7, 11) is 1.69. The number of carbonyl (C=O) groups excluding carboxylic acids is 1. The monoisotopic (exact) mass is 409 g/mol. The number of H-pyrrole nitrogens is 1. The van der Waals surface area contributed by atoms with E-state index < -0.39 is 0 Å². The van der Waals surface area contributed by atoms with Crippen molar-refractivity contribution in [3.63, 3.8) is 0 Å². The molecule has 3 aromatic heterocycles. The van der Waals surface area contributed by atoms with Crippen LogP contribution in [0.1, 0.15) is 24.6 Å². The minimum Gasteiger partial charge on any atom is -0.339 e. The minimum absolute atomic E-state index is 0.0428. The number of aryl methyl sites for hydroxylation is 1. The number of benzene rings is 1. The topological polar surface area (TPSA) is 105 Å². The van der Waals surface area contributed by atoms with Crippen LogP contribution in [0.15, 0.2) is 51.1 Å². The smallest absolute Gasteiger partial charge is 0.258 e. The zero-order valence-electron chi connectivity index (χ0n) is 15.8. The zero-order valence-corrected chi connectivity index (χ0v) is 16.6. The number of fused-ring (bicyclic) bond motifs is 1. The Hall–Kier alpha value is -3.33. The summed E-state index contributed by atoms with van der Waals surface area (Å²) < 4.78 is 5.25. The van der Waals surface area contributed by atoms with Gasteiger partial charge in [0.2, 0.25) is 17.6 Å². The van der Waals surface area contributed by atoms with E-state index in [0.717, 1.165) is 4.88 Å². The Labute approximate surface area is 170 Å². The molecule has 0 radical (unpaired) electrons. The predicted molar refractivity (Wildman–Crippen MR) is 109 cm³/mol. The van der Waals surface area contributed by atoms with Crippen LogP contribution in [0.5, 0.6) is 0 Å². The van der Waals surface area contributed by atoms with Gasteiger partial charge in [0.1, 0.15) is 5.82 Å². The van der Waals surface area contributed by atoms with Gasteiger partial charge in [-0.1, -0.05) is 23.4 Å². The van der Waals surface area contributed by atoms with Gasteiger partial charge < -0.3 is 14.4 Å². The number of thiophene rings is 1. The van der Waals surface area contributed by atoms with Crippen LogP contribution in [0, 0.1) is 0 Å². The molecule has 0 fully saturated rings. The highest BCUT2D eigenvalue weighted by Crippen LogP contribution is 2.21. The second-order valence-electron chi connectivity index (χ2n) is 6.62. The first-order valence-electron chi connectivity index (χ1n) is 9.18. The van der Waals surface area contributed by atoms with Crippen molar-refractivity contribution in [1.29, 1.82) is 0 Å². The lowest BCUT2D eigenvalue weighted by Crippen LogP contribution is -2.28. The van der Waals surface area contributed by atoms with E-state index in [2.05, 4.69) is 20.1 Å². The lowest BCUT2D eigenvalue weighted by Gasteiger charge is -2.16. The van der Waals surface area contributed by atoms with Crippen LogP contribution in [0.2, 0.25) is 0 Å². The third-order valence-corrected chi connectivity index (χ3v) is 5.33. The molecule has 0 aliphatic rings. The van der Waals surface area contributed by atoms with Crippen molar-refractivity contribution < 1.29 is 9.32 Å². The normalized spacial score (nSPS) is 11.1. The van der Waals surface area contributed by atoms with Gasteiger partial charge in [0, 0.05) is 19.9 Å². The van der Waals surface area contributed by atoms with E-state index in [9.17, 15) is 9.59 Å². The molecule has 1 amide bonds. The molecule has 0 saturated heterocycles. The molecule has 1 N–H and O–H groups in total. The maximum Gasteiger partial charge on any atom is 0.258 e. The summed E-state index contributed by atoms with van der Waals surface area (Å²) in [4.78, 5) is 38.6. The van der Waals surface area contributed by atoms with Crippen LogP contribution in [0.4, 0.5) is 0 Å². The Morgan fingerprint density at radius 1 is 1.21 bits per heavy atom. The van der Waals surface area contributed by atoms with Gasteiger partial charge >= 0.3 is 0 Å². The van der Waals surface area contributed by atoms with Crippen LogP contribution in [-0.2, 0) is 17.8 Å². The van der Waals surface area contributed by atoms with Crippen molar-refractivity contribution in [2.75, 3.05) is 7.05 Å². The summed E-state index contributed by atoms with van der Waals surface area (Å²) in [5.74, 6) is 1.51. The molecule has 0 aliphatic carbocycles. The Balaban J connectivity index is 1.31. The van der Waals surface area contributed by atoms with Crippen LogP contribution < -0.4 is 5.56 Å². The summed E-state index contributed by atoms with van der Waals surface area (Å²) in [5, 5.41) is 6.46. The fraction of sp³-hybridized carbons (Fsp3) is 0.250. The highest BCUT2D eigenvalue weighted by molar-refractivity contribution is 7.13. The summed E-state index contributed by atoms with van der Waals surface area (Å²) in [6.45, 7) is 0.238. The summed E-state index contributed by atoms with van der Waals surface area (Å²) in [6, 6.07) is 11.0. The number of hydrogen-bond acceptors (Lipinski definition) is 7. The van der Waals surface area contributed by atoms with Crippen molar-refractivity contribution in [1.82, 2.24) is 25.0 Å². The molecule has 4 aromatic rings. The fourth-order valence-corrected chi connectivity index (χ4v) is 3.62. The molecule has 0 unspecified atom stereocenters. The number of aromatic amines is 1.